The van der Waals surface area contributed by atoms with Gasteiger partial charge in [-0.25, -0.2) is 8.78 Å². The summed E-state index contributed by atoms with van der Waals surface area (Å²) in [4.78, 5) is 23.3. The van der Waals surface area contributed by atoms with E-state index in [9.17, 15) is 18.4 Å². The predicted octanol–water partition coefficient (Wildman–Crippen LogP) is 3.95. The molecule has 0 saturated heterocycles. The van der Waals surface area contributed by atoms with Crippen LogP contribution >= 0.6 is 0 Å². The molecule has 126 valence electrons. The van der Waals surface area contributed by atoms with Gasteiger partial charge in [0.15, 0.2) is 12.9 Å². The van der Waals surface area contributed by atoms with E-state index in [2.05, 4.69) is 5.32 Å². The Bertz CT molecular complexity index is 957. The number of fused-ring (bicyclic) bond motifs is 1. The number of anilines is 1. The Labute approximate surface area is 142 Å². The van der Waals surface area contributed by atoms with Gasteiger partial charge in [-0.05, 0) is 29.0 Å². The van der Waals surface area contributed by atoms with Crippen LogP contribution in [0.4, 0.5) is 14.5 Å². The normalized spacial score (nSPS) is 10.5. The molecule has 0 aliphatic heterocycles. The summed E-state index contributed by atoms with van der Waals surface area (Å²) in [6, 6.07) is 13.4. The Kier molecular flexibility index (Phi) is 4.70. The van der Waals surface area contributed by atoms with Crippen molar-refractivity contribution < 1.29 is 23.1 Å². The number of rotatable bonds is 5. The summed E-state index contributed by atoms with van der Waals surface area (Å²) in [6.07, 6.45) is 0.655. The molecule has 0 heterocycles. The average Bonchev–Trinajstić information content (AvgIpc) is 2.62. The maximum Gasteiger partial charge on any atom is 0.262 e. The second kappa shape index (κ2) is 7.09. The second-order valence-corrected chi connectivity index (χ2v) is 5.28. The van der Waals surface area contributed by atoms with Gasteiger partial charge in [0.1, 0.15) is 17.4 Å². The molecule has 3 rings (SSSR count). The van der Waals surface area contributed by atoms with E-state index < -0.39 is 24.1 Å². The molecule has 0 fully saturated rings. The standard InChI is InChI=1S/C19H13F2NO3/c20-13-6-7-16(21)17(9-13)22-19(24)11-25-18-8-5-12-3-1-2-4-14(12)15(18)10-23/h1-10H,11H2,(H,22,24). The van der Waals surface area contributed by atoms with Crippen molar-refractivity contribution in [2.45, 2.75) is 0 Å². The smallest absolute Gasteiger partial charge is 0.262 e. The Morgan fingerprint density at radius 3 is 2.68 bits per heavy atom. The highest BCUT2D eigenvalue weighted by atomic mass is 19.1. The SMILES string of the molecule is O=Cc1c(OCC(=O)Nc2cc(F)ccc2F)ccc2ccccc12. The molecule has 0 aromatic heterocycles. The first kappa shape index (κ1) is 16.6. The van der Waals surface area contributed by atoms with E-state index in [1.165, 1.54) is 0 Å². The van der Waals surface area contributed by atoms with Crippen molar-refractivity contribution in [3.05, 3.63) is 71.8 Å². The van der Waals surface area contributed by atoms with Gasteiger partial charge < -0.3 is 10.1 Å². The van der Waals surface area contributed by atoms with Crippen molar-refractivity contribution in [1.29, 1.82) is 0 Å². The molecule has 0 spiro atoms. The van der Waals surface area contributed by atoms with Gasteiger partial charge in [-0.1, -0.05) is 30.3 Å². The van der Waals surface area contributed by atoms with Gasteiger partial charge >= 0.3 is 0 Å². The van der Waals surface area contributed by atoms with E-state index in [4.69, 9.17) is 4.74 Å². The van der Waals surface area contributed by atoms with Crippen molar-refractivity contribution in [3.63, 3.8) is 0 Å². The van der Waals surface area contributed by atoms with Crippen LogP contribution in [0.15, 0.2) is 54.6 Å². The number of benzene rings is 3. The molecular formula is C19H13F2NO3. The quantitative estimate of drug-likeness (QED) is 0.715. The third-order valence-corrected chi connectivity index (χ3v) is 3.61. The summed E-state index contributed by atoms with van der Waals surface area (Å²) in [5.74, 6) is -1.86. The first-order valence-corrected chi connectivity index (χ1v) is 7.43. The van der Waals surface area contributed by atoms with Crippen molar-refractivity contribution in [2.75, 3.05) is 11.9 Å². The number of carbonyl (C=O) groups excluding carboxylic acids is 2. The Morgan fingerprint density at radius 2 is 1.88 bits per heavy atom. The first-order valence-electron chi connectivity index (χ1n) is 7.43. The number of aldehydes is 1. The molecule has 0 aliphatic rings. The Hall–Kier alpha value is -3.28. The van der Waals surface area contributed by atoms with Crippen LogP contribution in [-0.2, 0) is 4.79 Å². The third-order valence-electron chi connectivity index (χ3n) is 3.61. The minimum absolute atomic E-state index is 0.239. The zero-order valence-electron chi connectivity index (χ0n) is 13.0. The van der Waals surface area contributed by atoms with Crippen molar-refractivity contribution in [3.8, 4) is 5.75 Å². The van der Waals surface area contributed by atoms with Gasteiger partial charge in [0, 0.05) is 6.07 Å². The van der Waals surface area contributed by atoms with Gasteiger partial charge in [0.05, 0.1) is 11.3 Å². The molecule has 0 aliphatic carbocycles. The molecule has 3 aromatic carbocycles. The summed E-state index contributed by atoms with van der Waals surface area (Å²) in [5, 5.41) is 3.79. The number of halogens is 2. The van der Waals surface area contributed by atoms with Crippen molar-refractivity contribution in [1.82, 2.24) is 0 Å². The van der Waals surface area contributed by atoms with Crippen LogP contribution in [0.25, 0.3) is 10.8 Å². The molecule has 4 nitrogen and oxygen atoms in total. The summed E-state index contributed by atoms with van der Waals surface area (Å²) in [6.45, 7) is -0.449. The molecule has 0 saturated carbocycles. The van der Waals surface area contributed by atoms with Crippen LogP contribution < -0.4 is 10.1 Å². The molecule has 0 unspecified atom stereocenters. The number of nitrogens with one attached hydrogen (secondary N) is 1. The number of hydrogen-bond acceptors (Lipinski definition) is 3. The second-order valence-electron chi connectivity index (χ2n) is 5.28. The lowest BCUT2D eigenvalue weighted by molar-refractivity contribution is -0.118. The van der Waals surface area contributed by atoms with Gasteiger partial charge in [0.25, 0.3) is 5.91 Å². The van der Waals surface area contributed by atoms with Gasteiger partial charge in [-0.3, -0.25) is 9.59 Å². The largest absolute Gasteiger partial charge is 0.483 e. The zero-order valence-corrected chi connectivity index (χ0v) is 13.0. The highest BCUT2D eigenvalue weighted by Crippen LogP contribution is 2.26. The molecule has 3 aromatic rings. The van der Waals surface area contributed by atoms with Crippen LogP contribution in [0.3, 0.4) is 0 Å². The van der Waals surface area contributed by atoms with E-state index in [0.717, 1.165) is 23.6 Å². The molecule has 25 heavy (non-hydrogen) atoms. The number of carbonyl (C=O) groups is 2. The molecule has 1 amide bonds. The third kappa shape index (κ3) is 3.63. The molecule has 0 atom stereocenters. The fourth-order valence-electron chi connectivity index (χ4n) is 2.45. The lowest BCUT2D eigenvalue weighted by atomic mass is 10.0. The van der Waals surface area contributed by atoms with E-state index in [0.29, 0.717) is 17.2 Å². The Balaban J connectivity index is 1.75. The number of hydrogen-bond donors (Lipinski definition) is 1. The monoisotopic (exact) mass is 341 g/mol. The molecule has 0 radical (unpaired) electrons. The minimum atomic E-state index is -0.756. The van der Waals surface area contributed by atoms with Crippen LogP contribution in [0.5, 0.6) is 5.75 Å². The zero-order chi connectivity index (χ0) is 17.8. The van der Waals surface area contributed by atoms with Crippen molar-refractivity contribution in [2.24, 2.45) is 0 Å². The highest BCUT2D eigenvalue weighted by molar-refractivity contribution is 6.01. The Morgan fingerprint density at radius 1 is 1.08 bits per heavy atom. The summed E-state index contributed by atoms with van der Waals surface area (Å²) >= 11 is 0. The van der Waals surface area contributed by atoms with Crippen molar-refractivity contribution >= 4 is 28.7 Å². The lowest BCUT2D eigenvalue weighted by Crippen LogP contribution is -2.21. The fraction of sp³-hybridized carbons (Fsp3) is 0.0526. The fourth-order valence-corrected chi connectivity index (χ4v) is 2.45. The predicted molar refractivity (Wildman–Crippen MR) is 89.8 cm³/mol. The number of amides is 1. The summed E-state index contributed by atoms with van der Waals surface area (Å²) < 4.78 is 32.0. The molecule has 0 bridgehead atoms. The topological polar surface area (TPSA) is 55.4 Å². The van der Waals surface area contributed by atoms with Gasteiger partial charge in [0.2, 0.25) is 0 Å². The van der Waals surface area contributed by atoms with Crippen LogP contribution in [0.2, 0.25) is 0 Å². The van der Waals surface area contributed by atoms with Crippen LogP contribution in [-0.4, -0.2) is 18.8 Å². The number of ether oxygens (including phenoxy) is 1. The van der Waals surface area contributed by atoms with E-state index in [-0.39, 0.29) is 11.4 Å². The maximum absolute atomic E-state index is 13.5. The van der Waals surface area contributed by atoms with E-state index >= 15 is 0 Å². The summed E-state index contributed by atoms with van der Waals surface area (Å²) in [5.41, 5.74) is 0.0468. The van der Waals surface area contributed by atoms with Gasteiger partial charge in [-0.2, -0.15) is 0 Å². The van der Waals surface area contributed by atoms with E-state index in [1.54, 1.807) is 24.3 Å². The molecule has 1 N–H and O–H groups in total. The van der Waals surface area contributed by atoms with E-state index in [1.807, 2.05) is 12.1 Å². The lowest BCUT2D eigenvalue weighted by Gasteiger charge is -2.11. The molecule has 6 heteroatoms. The maximum atomic E-state index is 13.5. The first-order chi connectivity index (χ1) is 12.1. The molecular weight excluding hydrogens is 328 g/mol. The highest BCUT2D eigenvalue weighted by Gasteiger charge is 2.12. The minimum Gasteiger partial charge on any atom is -0.483 e. The van der Waals surface area contributed by atoms with Crippen LogP contribution in [0, 0.1) is 11.6 Å². The van der Waals surface area contributed by atoms with Crippen LogP contribution in [0.1, 0.15) is 10.4 Å². The van der Waals surface area contributed by atoms with Gasteiger partial charge in [-0.15, -0.1) is 0 Å². The summed E-state index contributed by atoms with van der Waals surface area (Å²) in [7, 11) is 0. The average molecular weight is 341 g/mol.